The third kappa shape index (κ3) is 3.80. The molecular formula is C18H15ClFN5O2. The molecule has 0 fully saturated rings. The van der Waals surface area contributed by atoms with Crippen molar-refractivity contribution in [3.05, 3.63) is 70.3 Å². The molecule has 3 rings (SSSR count). The summed E-state index contributed by atoms with van der Waals surface area (Å²) in [5, 5.41) is 13.1. The van der Waals surface area contributed by atoms with Crippen molar-refractivity contribution in [3.8, 4) is 5.69 Å². The Hall–Kier alpha value is -3.26. The highest BCUT2D eigenvalue weighted by molar-refractivity contribution is 6.30. The molecule has 2 N–H and O–H groups in total. The predicted octanol–water partition coefficient (Wildman–Crippen LogP) is 2.98. The second-order valence-corrected chi connectivity index (χ2v) is 6.08. The van der Waals surface area contributed by atoms with Crippen molar-refractivity contribution in [2.45, 2.75) is 6.92 Å². The van der Waals surface area contributed by atoms with Crippen molar-refractivity contribution in [2.24, 2.45) is 0 Å². The summed E-state index contributed by atoms with van der Waals surface area (Å²) in [6.45, 7) is 1.60. The van der Waals surface area contributed by atoms with Crippen molar-refractivity contribution in [3.63, 3.8) is 0 Å². The average Bonchev–Trinajstić information content (AvgIpc) is 3.02. The van der Waals surface area contributed by atoms with Crippen LogP contribution in [-0.2, 0) is 0 Å². The van der Waals surface area contributed by atoms with Gasteiger partial charge in [0.1, 0.15) is 11.5 Å². The Labute approximate surface area is 159 Å². The Morgan fingerprint density at radius 3 is 2.63 bits per heavy atom. The van der Waals surface area contributed by atoms with Crippen LogP contribution in [0.15, 0.2) is 42.5 Å². The molecule has 0 atom stereocenters. The topological polar surface area (TPSA) is 88.9 Å². The molecule has 3 aromatic rings. The minimum Gasteiger partial charge on any atom is -0.355 e. The van der Waals surface area contributed by atoms with Crippen LogP contribution in [0.2, 0.25) is 5.02 Å². The van der Waals surface area contributed by atoms with Crippen LogP contribution < -0.4 is 10.6 Å². The van der Waals surface area contributed by atoms with Gasteiger partial charge in [-0.05, 0) is 43.3 Å². The van der Waals surface area contributed by atoms with Gasteiger partial charge in [0.25, 0.3) is 11.8 Å². The van der Waals surface area contributed by atoms with Gasteiger partial charge in [0.2, 0.25) is 0 Å². The van der Waals surface area contributed by atoms with Gasteiger partial charge in [0.05, 0.1) is 5.69 Å². The first-order valence-electron chi connectivity index (χ1n) is 7.92. The van der Waals surface area contributed by atoms with Gasteiger partial charge in [-0.1, -0.05) is 22.9 Å². The third-order valence-electron chi connectivity index (χ3n) is 3.86. The lowest BCUT2D eigenvalue weighted by Gasteiger charge is -2.07. The molecule has 0 aliphatic carbocycles. The van der Waals surface area contributed by atoms with E-state index in [1.807, 2.05) is 0 Å². The third-order valence-corrected chi connectivity index (χ3v) is 4.09. The zero-order valence-electron chi connectivity index (χ0n) is 14.5. The molecule has 0 unspecified atom stereocenters. The quantitative estimate of drug-likeness (QED) is 0.720. The molecule has 0 aliphatic rings. The van der Waals surface area contributed by atoms with Gasteiger partial charge >= 0.3 is 0 Å². The van der Waals surface area contributed by atoms with Crippen LogP contribution in [0, 0.1) is 12.7 Å². The molecule has 0 bridgehead atoms. The molecule has 1 aromatic heterocycles. The Morgan fingerprint density at radius 1 is 1.15 bits per heavy atom. The number of nitrogens with one attached hydrogen (secondary N) is 2. The fourth-order valence-corrected chi connectivity index (χ4v) is 2.65. The molecule has 0 saturated heterocycles. The van der Waals surface area contributed by atoms with E-state index in [2.05, 4.69) is 20.9 Å². The van der Waals surface area contributed by atoms with E-state index in [1.165, 1.54) is 29.9 Å². The summed E-state index contributed by atoms with van der Waals surface area (Å²) in [5.74, 6) is -1.38. The van der Waals surface area contributed by atoms with Crippen molar-refractivity contribution in [1.29, 1.82) is 0 Å². The smallest absolute Gasteiger partial charge is 0.278 e. The van der Waals surface area contributed by atoms with Gasteiger partial charge in [-0.25, -0.2) is 9.07 Å². The van der Waals surface area contributed by atoms with Gasteiger partial charge in [-0.3, -0.25) is 9.59 Å². The lowest BCUT2D eigenvalue weighted by atomic mass is 10.2. The molecule has 1 heterocycles. The molecule has 0 radical (unpaired) electrons. The van der Waals surface area contributed by atoms with Crippen molar-refractivity contribution in [1.82, 2.24) is 20.3 Å². The number of nitrogens with zero attached hydrogens (tertiary/aromatic N) is 3. The standard InChI is InChI=1S/C18H15ClFN5O2/c1-10-16(23-24-25(10)15-7-6-12(19)9-14(15)20)18(27)22-13-5-3-4-11(8-13)17(26)21-2/h3-9H,1-2H3,(H,21,26)(H,22,27). The Morgan fingerprint density at radius 2 is 1.93 bits per heavy atom. The van der Waals surface area contributed by atoms with Crippen LogP contribution >= 0.6 is 11.6 Å². The van der Waals surface area contributed by atoms with E-state index in [9.17, 15) is 14.0 Å². The summed E-state index contributed by atoms with van der Waals surface area (Å²) < 4.78 is 15.3. The van der Waals surface area contributed by atoms with Crippen LogP contribution in [0.4, 0.5) is 10.1 Å². The molecule has 0 saturated carbocycles. The molecule has 27 heavy (non-hydrogen) atoms. The lowest BCUT2D eigenvalue weighted by molar-refractivity contribution is 0.0961. The fraction of sp³-hybridized carbons (Fsp3) is 0.111. The normalized spacial score (nSPS) is 10.5. The van der Waals surface area contributed by atoms with Gasteiger partial charge in [-0.15, -0.1) is 5.10 Å². The number of benzene rings is 2. The molecule has 0 spiro atoms. The van der Waals surface area contributed by atoms with Crippen molar-refractivity contribution >= 4 is 29.1 Å². The zero-order chi connectivity index (χ0) is 19.6. The summed E-state index contributed by atoms with van der Waals surface area (Å²) in [7, 11) is 1.52. The van der Waals surface area contributed by atoms with E-state index < -0.39 is 11.7 Å². The highest BCUT2D eigenvalue weighted by atomic mass is 35.5. The largest absolute Gasteiger partial charge is 0.355 e. The maximum absolute atomic E-state index is 14.1. The Bertz CT molecular complexity index is 1030. The van der Waals surface area contributed by atoms with Crippen molar-refractivity contribution < 1.29 is 14.0 Å². The zero-order valence-corrected chi connectivity index (χ0v) is 15.2. The Kier molecular flexibility index (Phi) is 5.18. The maximum atomic E-state index is 14.1. The lowest BCUT2D eigenvalue weighted by Crippen LogP contribution is -2.18. The second-order valence-electron chi connectivity index (χ2n) is 5.65. The number of aromatic nitrogens is 3. The van der Waals surface area contributed by atoms with Gasteiger partial charge in [0, 0.05) is 23.3 Å². The number of halogens is 2. The highest BCUT2D eigenvalue weighted by Gasteiger charge is 2.19. The summed E-state index contributed by atoms with van der Waals surface area (Å²) >= 11 is 5.76. The van der Waals surface area contributed by atoms with Crippen LogP contribution in [0.1, 0.15) is 26.5 Å². The van der Waals surface area contributed by atoms with Gasteiger partial charge in [-0.2, -0.15) is 0 Å². The average molecular weight is 388 g/mol. The maximum Gasteiger partial charge on any atom is 0.278 e. The van der Waals surface area contributed by atoms with E-state index in [4.69, 9.17) is 11.6 Å². The minimum absolute atomic E-state index is 0.0368. The Balaban J connectivity index is 1.87. The summed E-state index contributed by atoms with van der Waals surface area (Å²) in [6, 6.07) is 10.6. The molecule has 2 amide bonds. The number of rotatable bonds is 4. The SMILES string of the molecule is CNC(=O)c1cccc(NC(=O)c2nnn(-c3ccc(Cl)cc3F)c2C)c1. The first-order chi connectivity index (χ1) is 12.9. The van der Waals surface area contributed by atoms with E-state index in [0.29, 0.717) is 16.9 Å². The van der Waals surface area contributed by atoms with Crippen molar-refractivity contribution in [2.75, 3.05) is 12.4 Å². The molecular weight excluding hydrogens is 373 g/mol. The predicted molar refractivity (Wildman–Crippen MR) is 98.8 cm³/mol. The summed E-state index contributed by atoms with van der Waals surface area (Å²) in [6.07, 6.45) is 0. The van der Waals surface area contributed by atoms with Crippen LogP contribution in [-0.4, -0.2) is 33.9 Å². The minimum atomic E-state index is -0.583. The van der Waals surface area contributed by atoms with Crippen LogP contribution in [0.3, 0.4) is 0 Å². The summed E-state index contributed by atoms with van der Waals surface area (Å²) in [5.41, 5.74) is 1.35. The van der Waals surface area contributed by atoms with Crippen LogP contribution in [0.5, 0.6) is 0 Å². The molecule has 138 valence electrons. The van der Waals surface area contributed by atoms with E-state index >= 15 is 0 Å². The number of anilines is 1. The number of carbonyl (C=O) groups excluding carboxylic acids is 2. The van der Waals surface area contributed by atoms with Gasteiger partial charge < -0.3 is 10.6 Å². The summed E-state index contributed by atoms with van der Waals surface area (Å²) in [4.78, 5) is 24.2. The molecule has 0 aliphatic heterocycles. The second kappa shape index (κ2) is 7.55. The number of amides is 2. The molecule has 7 nitrogen and oxygen atoms in total. The van der Waals surface area contributed by atoms with Gasteiger partial charge in [0.15, 0.2) is 5.69 Å². The van der Waals surface area contributed by atoms with E-state index in [1.54, 1.807) is 25.1 Å². The highest BCUT2D eigenvalue weighted by Crippen LogP contribution is 2.20. The van der Waals surface area contributed by atoms with Crippen LogP contribution in [0.25, 0.3) is 5.69 Å². The monoisotopic (exact) mass is 387 g/mol. The van der Waals surface area contributed by atoms with E-state index in [-0.39, 0.29) is 22.3 Å². The molecule has 2 aromatic carbocycles. The number of hydrogen-bond donors (Lipinski definition) is 2. The first kappa shape index (κ1) is 18.5. The number of carbonyl (C=O) groups is 2. The van der Waals surface area contributed by atoms with E-state index in [0.717, 1.165) is 6.07 Å². The fourth-order valence-electron chi connectivity index (χ4n) is 2.49. The molecule has 9 heteroatoms. The first-order valence-corrected chi connectivity index (χ1v) is 8.29. The number of hydrogen-bond acceptors (Lipinski definition) is 4.